The molecule has 1 heterocycles. The van der Waals surface area contributed by atoms with Crippen LogP contribution in [0.15, 0.2) is 36.4 Å². The van der Waals surface area contributed by atoms with Crippen molar-refractivity contribution in [1.29, 1.82) is 0 Å². The van der Waals surface area contributed by atoms with E-state index in [1.807, 2.05) is 6.92 Å². The van der Waals surface area contributed by atoms with Gasteiger partial charge in [-0.05, 0) is 77.8 Å². The molecule has 2 aromatic rings. The normalized spacial score (nSPS) is 18.2. The number of hydrogen-bond acceptors (Lipinski definition) is 4. The molecule has 1 aliphatic rings. The maximum absolute atomic E-state index is 11.3. The van der Waals surface area contributed by atoms with E-state index >= 15 is 0 Å². The van der Waals surface area contributed by atoms with Crippen molar-refractivity contribution >= 4 is 0 Å². The lowest BCUT2D eigenvalue weighted by atomic mass is 9.83. The molecule has 4 nitrogen and oxygen atoms in total. The smallest absolute Gasteiger partial charge is 0.122 e. The van der Waals surface area contributed by atoms with Gasteiger partial charge in [-0.3, -0.25) is 0 Å². The average molecular weight is 469 g/mol. The molecular formula is C30H44O4. The fourth-order valence-corrected chi connectivity index (χ4v) is 4.22. The van der Waals surface area contributed by atoms with Gasteiger partial charge >= 0.3 is 0 Å². The van der Waals surface area contributed by atoms with Crippen LogP contribution >= 0.6 is 0 Å². The zero-order valence-corrected chi connectivity index (χ0v) is 22.3. The van der Waals surface area contributed by atoms with E-state index in [1.165, 1.54) is 11.1 Å². The van der Waals surface area contributed by atoms with Crippen molar-refractivity contribution in [1.82, 2.24) is 0 Å². The fourth-order valence-electron chi connectivity index (χ4n) is 4.22. The third-order valence-electron chi connectivity index (χ3n) is 6.69. The van der Waals surface area contributed by atoms with Crippen molar-refractivity contribution in [2.75, 3.05) is 26.4 Å². The Hall–Kier alpha value is -2.04. The lowest BCUT2D eigenvalue weighted by Crippen LogP contribution is -2.26. The quantitative estimate of drug-likeness (QED) is 0.487. The standard InChI is InChI=1S/C30H44O4/c1-28(2,3)24-8-10-26-22(20-24)12-14-30(7,31)15-13-23-21-25(29(4,5)6)9-11-27(23)34-19-17-32-16-18-33-26/h8-11,20-21,31H,12-19H2,1-7H3. The second kappa shape index (κ2) is 10.7. The topological polar surface area (TPSA) is 47.9 Å². The van der Waals surface area contributed by atoms with E-state index in [1.54, 1.807) is 0 Å². The molecule has 0 radical (unpaired) electrons. The van der Waals surface area contributed by atoms with E-state index in [-0.39, 0.29) is 10.8 Å². The number of ether oxygens (including phenoxy) is 3. The van der Waals surface area contributed by atoms with E-state index in [0.29, 0.717) is 39.3 Å². The monoisotopic (exact) mass is 468 g/mol. The van der Waals surface area contributed by atoms with Gasteiger partial charge in [0, 0.05) is 0 Å². The maximum Gasteiger partial charge on any atom is 0.122 e. The number of benzene rings is 2. The van der Waals surface area contributed by atoms with E-state index in [2.05, 4.69) is 77.9 Å². The second-order valence-corrected chi connectivity index (χ2v) is 12.0. The van der Waals surface area contributed by atoms with E-state index in [0.717, 1.165) is 35.5 Å². The van der Waals surface area contributed by atoms with Crippen molar-refractivity contribution < 1.29 is 19.3 Å². The highest BCUT2D eigenvalue weighted by Gasteiger charge is 2.24. The molecule has 4 heteroatoms. The van der Waals surface area contributed by atoms with E-state index in [4.69, 9.17) is 14.2 Å². The lowest BCUT2D eigenvalue weighted by molar-refractivity contribution is 0.0415. The van der Waals surface area contributed by atoms with Gasteiger partial charge in [-0.2, -0.15) is 0 Å². The molecule has 0 saturated heterocycles. The van der Waals surface area contributed by atoms with Crippen LogP contribution in [0.25, 0.3) is 0 Å². The molecule has 0 aliphatic carbocycles. The lowest BCUT2D eigenvalue weighted by Gasteiger charge is -2.27. The molecular weight excluding hydrogens is 424 g/mol. The zero-order valence-electron chi connectivity index (χ0n) is 22.3. The summed E-state index contributed by atoms with van der Waals surface area (Å²) in [5.74, 6) is 1.77. The summed E-state index contributed by atoms with van der Waals surface area (Å²) >= 11 is 0. The molecule has 0 unspecified atom stereocenters. The van der Waals surface area contributed by atoms with Crippen molar-refractivity contribution in [3.05, 3.63) is 58.7 Å². The third kappa shape index (κ3) is 7.48. The van der Waals surface area contributed by atoms with Gasteiger partial charge in [0.2, 0.25) is 0 Å². The molecule has 0 aromatic heterocycles. The molecule has 3 rings (SSSR count). The summed E-state index contributed by atoms with van der Waals surface area (Å²) < 4.78 is 17.9. The SMILES string of the molecule is CC1(O)CCc2cc(C(C)(C)C)ccc2OCCOCCOc2ccc(C(C)(C)C)cc2CC1. The first-order chi connectivity index (χ1) is 15.9. The molecule has 2 aromatic carbocycles. The van der Waals surface area contributed by atoms with E-state index in [9.17, 15) is 5.11 Å². The average Bonchev–Trinajstić information content (AvgIpc) is 2.74. The predicted molar refractivity (Wildman–Crippen MR) is 139 cm³/mol. The molecule has 1 N–H and O–H groups in total. The summed E-state index contributed by atoms with van der Waals surface area (Å²) in [7, 11) is 0. The van der Waals surface area contributed by atoms with Crippen LogP contribution in [-0.4, -0.2) is 37.1 Å². The Morgan fingerprint density at radius 2 is 1.09 bits per heavy atom. The second-order valence-electron chi connectivity index (χ2n) is 12.0. The highest BCUT2D eigenvalue weighted by atomic mass is 16.5. The highest BCUT2D eigenvalue weighted by molar-refractivity contribution is 5.41. The van der Waals surface area contributed by atoms with Gasteiger partial charge in [0.1, 0.15) is 24.7 Å². The van der Waals surface area contributed by atoms with Crippen LogP contribution in [0, 0.1) is 0 Å². The fraction of sp³-hybridized carbons (Fsp3) is 0.600. The highest BCUT2D eigenvalue weighted by Crippen LogP contribution is 2.33. The van der Waals surface area contributed by atoms with Crippen molar-refractivity contribution in [3.63, 3.8) is 0 Å². The number of aryl methyl sites for hydroxylation is 2. The van der Waals surface area contributed by atoms with Crippen LogP contribution < -0.4 is 9.47 Å². The Kier molecular flexibility index (Phi) is 8.36. The molecule has 0 spiro atoms. The maximum atomic E-state index is 11.3. The molecule has 188 valence electrons. The summed E-state index contributed by atoms with van der Waals surface area (Å²) in [5, 5.41) is 11.3. The van der Waals surface area contributed by atoms with Gasteiger partial charge in [0.05, 0.1) is 18.8 Å². The molecule has 0 atom stereocenters. The summed E-state index contributed by atoms with van der Waals surface area (Å²) in [4.78, 5) is 0. The minimum Gasteiger partial charge on any atom is -0.491 e. The van der Waals surface area contributed by atoms with Crippen LogP contribution in [-0.2, 0) is 28.4 Å². The molecule has 1 aliphatic heterocycles. The van der Waals surface area contributed by atoms with Gasteiger partial charge in [-0.25, -0.2) is 0 Å². The van der Waals surface area contributed by atoms with Crippen LogP contribution in [0.4, 0.5) is 0 Å². The minimum atomic E-state index is -0.788. The first-order valence-corrected chi connectivity index (χ1v) is 12.7. The molecule has 0 fully saturated rings. The summed E-state index contributed by atoms with van der Waals surface area (Å²) in [6.45, 7) is 17.3. The summed E-state index contributed by atoms with van der Waals surface area (Å²) in [6.07, 6.45) is 2.86. The first kappa shape index (κ1) is 26.6. The Bertz CT molecular complexity index is 872. The Morgan fingerprint density at radius 3 is 1.47 bits per heavy atom. The van der Waals surface area contributed by atoms with Gasteiger partial charge < -0.3 is 19.3 Å². The summed E-state index contributed by atoms with van der Waals surface area (Å²) in [5.41, 5.74) is 4.19. The van der Waals surface area contributed by atoms with E-state index < -0.39 is 5.60 Å². The number of rotatable bonds is 0. The van der Waals surface area contributed by atoms with Crippen molar-refractivity contribution in [2.24, 2.45) is 0 Å². The molecule has 0 bridgehead atoms. The molecule has 34 heavy (non-hydrogen) atoms. The van der Waals surface area contributed by atoms with Crippen molar-refractivity contribution in [3.8, 4) is 11.5 Å². The number of hydrogen-bond donors (Lipinski definition) is 1. The third-order valence-corrected chi connectivity index (χ3v) is 6.69. The number of aliphatic hydroxyl groups is 1. The zero-order chi connectivity index (χ0) is 25.0. The summed E-state index contributed by atoms with van der Waals surface area (Å²) in [6, 6.07) is 12.9. The Balaban J connectivity index is 1.85. The minimum absolute atomic E-state index is 0.0599. The van der Waals surface area contributed by atoms with Crippen LogP contribution in [0.5, 0.6) is 11.5 Å². The van der Waals surface area contributed by atoms with Gasteiger partial charge in [0.25, 0.3) is 0 Å². The predicted octanol–water partition coefficient (Wildman–Crippen LogP) is 6.39. The first-order valence-electron chi connectivity index (χ1n) is 12.7. The largest absolute Gasteiger partial charge is 0.491 e. The van der Waals surface area contributed by atoms with Gasteiger partial charge in [0.15, 0.2) is 0 Å². The number of fused-ring (bicyclic) bond motifs is 2. The van der Waals surface area contributed by atoms with Gasteiger partial charge in [-0.1, -0.05) is 65.8 Å². The molecule has 0 saturated carbocycles. The molecule has 0 amide bonds. The van der Waals surface area contributed by atoms with Crippen LogP contribution in [0.2, 0.25) is 0 Å². The van der Waals surface area contributed by atoms with Crippen LogP contribution in [0.3, 0.4) is 0 Å². The van der Waals surface area contributed by atoms with Crippen LogP contribution in [0.1, 0.15) is 83.6 Å². The van der Waals surface area contributed by atoms with Crippen molar-refractivity contribution in [2.45, 2.75) is 90.6 Å². The Morgan fingerprint density at radius 1 is 0.676 bits per heavy atom. The Labute approximate surface area is 206 Å². The van der Waals surface area contributed by atoms with Gasteiger partial charge in [-0.15, -0.1) is 0 Å².